The Morgan fingerprint density at radius 2 is 1.94 bits per heavy atom. The molecule has 0 saturated carbocycles. The van der Waals surface area contributed by atoms with E-state index in [9.17, 15) is 14.3 Å². The first-order valence-electron chi connectivity index (χ1n) is 10.5. The molecule has 9 heteroatoms. The highest BCUT2D eigenvalue weighted by Crippen LogP contribution is 2.29. The van der Waals surface area contributed by atoms with Crippen molar-refractivity contribution in [3.8, 4) is 22.4 Å². The number of hydrogen-bond donors (Lipinski definition) is 2. The Morgan fingerprint density at radius 3 is 2.68 bits per heavy atom. The van der Waals surface area contributed by atoms with E-state index in [-0.39, 0.29) is 17.2 Å². The summed E-state index contributed by atoms with van der Waals surface area (Å²) in [4.78, 5) is 21.6. The van der Waals surface area contributed by atoms with Crippen molar-refractivity contribution in [2.75, 3.05) is 6.61 Å². The zero-order valence-corrected chi connectivity index (χ0v) is 18.8. The maximum Gasteiger partial charge on any atom is 0.251 e. The first-order valence-corrected chi connectivity index (χ1v) is 10.9. The molecular formula is C25H19ClFN5O2. The molecule has 0 aliphatic carbocycles. The van der Waals surface area contributed by atoms with E-state index in [4.69, 9.17) is 11.6 Å². The van der Waals surface area contributed by atoms with Gasteiger partial charge in [0.05, 0.1) is 23.4 Å². The molecule has 4 heterocycles. The monoisotopic (exact) mass is 475 g/mol. The normalized spacial score (nSPS) is 12.2. The molecule has 0 aliphatic heterocycles. The van der Waals surface area contributed by atoms with Crippen molar-refractivity contribution in [1.82, 2.24) is 24.7 Å². The van der Waals surface area contributed by atoms with Crippen LogP contribution in [0.2, 0.25) is 5.02 Å². The third-order valence-corrected chi connectivity index (χ3v) is 6.02. The van der Waals surface area contributed by atoms with Crippen LogP contribution < -0.4 is 5.56 Å². The second-order valence-electron chi connectivity index (χ2n) is 7.91. The summed E-state index contributed by atoms with van der Waals surface area (Å²) in [5, 5.41) is 18.0. The smallest absolute Gasteiger partial charge is 0.251 e. The Kier molecular flexibility index (Phi) is 5.69. The lowest BCUT2D eigenvalue weighted by molar-refractivity contribution is 0.247. The highest BCUT2D eigenvalue weighted by Gasteiger charge is 2.17. The fraction of sp³-hybridized carbons (Fsp3) is 0.120. The predicted molar refractivity (Wildman–Crippen MR) is 128 cm³/mol. The van der Waals surface area contributed by atoms with Gasteiger partial charge >= 0.3 is 0 Å². The topological polar surface area (TPSA) is 96.7 Å². The number of aliphatic hydroxyl groups excluding tert-OH is 1. The number of H-pyrrole nitrogens is 1. The standard InChI is InChI=1S/C25H19ClFN5O2/c1-14-8-17(4-6-28-14)24-19-9-18(12-29-25(19)31-30-24)15-5-7-32(23(34)11-15)22(13-33)16-2-3-20(26)21(27)10-16/h2-12,22,33H,13H2,1H3,(H,29,30,31)/t22-/m1/s1. The SMILES string of the molecule is Cc1cc(-c2[nH]nc3ncc(-c4ccn([C@H](CO)c5ccc(Cl)c(F)c5)c(=O)c4)cc23)ccn1. The third kappa shape index (κ3) is 3.98. The van der Waals surface area contributed by atoms with Crippen LogP contribution in [0.5, 0.6) is 0 Å². The molecule has 5 rings (SSSR count). The Hall–Kier alpha value is -3.88. The van der Waals surface area contributed by atoms with Crippen molar-refractivity contribution >= 4 is 22.6 Å². The number of nitrogens with zero attached hydrogens (tertiary/aromatic N) is 4. The molecule has 0 spiro atoms. The number of fused-ring (bicyclic) bond motifs is 1. The lowest BCUT2D eigenvalue weighted by Crippen LogP contribution is -2.26. The van der Waals surface area contributed by atoms with E-state index in [2.05, 4.69) is 20.2 Å². The molecule has 0 amide bonds. The van der Waals surface area contributed by atoms with Crippen LogP contribution >= 0.6 is 11.6 Å². The van der Waals surface area contributed by atoms with Crippen molar-refractivity contribution in [3.63, 3.8) is 0 Å². The maximum atomic E-state index is 13.9. The zero-order valence-electron chi connectivity index (χ0n) is 18.0. The Balaban J connectivity index is 1.54. The number of aryl methyl sites for hydroxylation is 1. The summed E-state index contributed by atoms with van der Waals surface area (Å²) < 4.78 is 15.3. The molecule has 1 atom stereocenters. The first-order chi connectivity index (χ1) is 16.4. The van der Waals surface area contributed by atoms with Crippen LogP contribution in [0.15, 0.2) is 71.9 Å². The molecule has 5 aromatic rings. The average molecular weight is 476 g/mol. The lowest BCUT2D eigenvalue weighted by Gasteiger charge is -2.18. The van der Waals surface area contributed by atoms with Gasteiger partial charge in [0, 0.05) is 46.9 Å². The van der Waals surface area contributed by atoms with Crippen LogP contribution in [-0.4, -0.2) is 36.4 Å². The summed E-state index contributed by atoms with van der Waals surface area (Å²) >= 11 is 5.76. The summed E-state index contributed by atoms with van der Waals surface area (Å²) in [7, 11) is 0. The molecule has 2 N–H and O–H groups in total. The van der Waals surface area contributed by atoms with Gasteiger partial charge in [-0.1, -0.05) is 17.7 Å². The summed E-state index contributed by atoms with van der Waals surface area (Å²) in [6, 6.07) is 12.5. The number of halogens is 2. The molecule has 0 unspecified atom stereocenters. The van der Waals surface area contributed by atoms with Gasteiger partial charge in [0.2, 0.25) is 0 Å². The molecular weight excluding hydrogens is 457 g/mol. The molecule has 0 radical (unpaired) electrons. The molecule has 0 saturated heterocycles. The molecule has 170 valence electrons. The van der Waals surface area contributed by atoms with Crippen LogP contribution in [0.25, 0.3) is 33.4 Å². The molecule has 7 nitrogen and oxygen atoms in total. The van der Waals surface area contributed by atoms with Crippen LogP contribution in [-0.2, 0) is 0 Å². The van der Waals surface area contributed by atoms with Gasteiger partial charge < -0.3 is 9.67 Å². The van der Waals surface area contributed by atoms with Crippen molar-refractivity contribution in [2.24, 2.45) is 0 Å². The quantitative estimate of drug-likeness (QED) is 0.389. The Bertz CT molecular complexity index is 1580. The molecule has 0 bridgehead atoms. The number of aromatic nitrogens is 5. The van der Waals surface area contributed by atoms with Crippen LogP contribution in [0.4, 0.5) is 4.39 Å². The second-order valence-corrected chi connectivity index (χ2v) is 8.32. The second kappa shape index (κ2) is 8.81. The number of nitrogens with one attached hydrogen (secondary N) is 1. The average Bonchev–Trinajstić information content (AvgIpc) is 3.26. The fourth-order valence-electron chi connectivity index (χ4n) is 3.98. The van der Waals surface area contributed by atoms with E-state index in [1.54, 1.807) is 30.7 Å². The number of aromatic amines is 1. The Morgan fingerprint density at radius 1 is 1.09 bits per heavy atom. The van der Waals surface area contributed by atoms with Gasteiger partial charge in [-0.3, -0.25) is 14.9 Å². The van der Waals surface area contributed by atoms with E-state index in [1.165, 1.54) is 22.8 Å². The number of pyridine rings is 3. The van der Waals surface area contributed by atoms with Crippen molar-refractivity contribution in [3.05, 3.63) is 99.6 Å². The van der Waals surface area contributed by atoms with Crippen LogP contribution in [0.1, 0.15) is 17.3 Å². The summed E-state index contributed by atoms with van der Waals surface area (Å²) in [5.41, 5.74) is 4.69. The minimum Gasteiger partial charge on any atom is -0.394 e. The third-order valence-electron chi connectivity index (χ3n) is 5.71. The summed E-state index contributed by atoms with van der Waals surface area (Å²) in [6.07, 6.45) is 4.97. The van der Waals surface area contributed by atoms with E-state index < -0.39 is 11.9 Å². The van der Waals surface area contributed by atoms with Crippen molar-refractivity contribution < 1.29 is 9.50 Å². The van der Waals surface area contributed by atoms with Crippen molar-refractivity contribution in [1.29, 1.82) is 0 Å². The molecule has 0 aliphatic rings. The highest BCUT2D eigenvalue weighted by atomic mass is 35.5. The number of benzene rings is 1. The van der Waals surface area contributed by atoms with Gasteiger partial charge in [-0.15, -0.1) is 0 Å². The Labute approximate surface area is 198 Å². The minimum atomic E-state index is -0.746. The van der Waals surface area contributed by atoms with Gasteiger partial charge in [0.15, 0.2) is 5.65 Å². The zero-order chi connectivity index (χ0) is 23.8. The maximum absolute atomic E-state index is 13.9. The molecule has 34 heavy (non-hydrogen) atoms. The highest BCUT2D eigenvalue weighted by molar-refractivity contribution is 6.30. The van der Waals surface area contributed by atoms with Gasteiger partial charge in [0.1, 0.15) is 5.82 Å². The number of rotatable bonds is 5. The summed E-state index contributed by atoms with van der Waals surface area (Å²) in [5.74, 6) is -0.609. The van der Waals surface area contributed by atoms with Gasteiger partial charge in [0.25, 0.3) is 5.56 Å². The fourth-order valence-corrected chi connectivity index (χ4v) is 4.10. The van der Waals surface area contributed by atoms with E-state index in [1.807, 2.05) is 25.1 Å². The van der Waals surface area contributed by atoms with Crippen LogP contribution in [0.3, 0.4) is 0 Å². The van der Waals surface area contributed by atoms with Crippen LogP contribution in [0, 0.1) is 12.7 Å². The minimum absolute atomic E-state index is 0.0217. The lowest BCUT2D eigenvalue weighted by atomic mass is 10.0. The van der Waals surface area contributed by atoms with Crippen molar-refractivity contribution in [2.45, 2.75) is 13.0 Å². The largest absolute Gasteiger partial charge is 0.394 e. The van der Waals surface area contributed by atoms with E-state index >= 15 is 0 Å². The predicted octanol–water partition coefficient (Wildman–Crippen LogP) is 4.53. The van der Waals surface area contributed by atoms with Gasteiger partial charge in [-0.25, -0.2) is 9.37 Å². The van der Waals surface area contributed by atoms with Gasteiger partial charge in [-0.2, -0.15) is 5.10 Å². The van der Waals surface area contributed by atoms with E-state index in [0.717, 1.165) is 27.9 Å². The first kappa shape index (κ1) is 21.9. The molecule has 4 aromatic heterocycles. The molecule has 1 aromatic carbocycles. The van der Waals surface area contributed by atoms with Gasteiger partial charge in [-0.05, 0) is 54.4 Å². The van der Waals surface area contributed by atoms with E-state index in [0.29, 0.717) is 16.8 Å². The molecule has 0 fully saturated rings. The number of hydrogen-bond acceptors (Lipinski definition) is 5. The summed E-state index contributed by atoms with van der Waals surface area (Å²) in [6.45, 7) is 1.54. The number of aliphatic hydroxyl groups is 1.